The smallest absolute Gasteiger partial charge is 0.251 e. The van der Waals surface area contributed by atoms with Crippen molar-refractivity contribution in [3.63, 3.8) is 0 Å². The zero-order valence-electron chi connectivity index (χ0n) is 34.0. The van der Waals surface area contributed by atoms with E-state index in [-0.39, 0.29) is 17.6 Å². The van der Waals surface area contributed by atoms with Crippen molar-refractivity contribution in [3.05, 3.63) is 163 Å². The van der Waals surface area contributed by atoms with Crippen LogP contribution in [-0.2, 0) is 16.0 Å². The Morgan fingerprint density at radius 1 is 0.661 bits per heavy atom. The molecule has 0 aliphatic heterocycles. The molecular formula is C47H55N7O5. The molecule has 0 heterocycles. The second kappa shape index (κ2) is 25.5. The number of amides is 2. The van der Waals surface area contributed by atoms with Crippen molar-refractivity contribution < 1.29 is 24.2 Å². The van der Waals surface area contributed by atoms with Gasteiger partial charge in [0.05, 0.1) is 33.0 Å². The SMILES string of the molecule is C=C(NC(=NC(C)=NCCOCCOCCNC(=O)c1ccccc1)Nc1ccc(O)cc1)Nc1ccc(C(=O)NCc2ccccc2-c2ccccc2)cc1.CCC. The number of carbonyl (C=O) groups excluding carboxylic acids is 2. The molecule has 0 unspecified atom stereocenters. The van der Waals surface area contributed by atoms with Crippen LogP contribution < -0.4 is 26.6 Å². The average molecular weight is 798 g/mol. The molecule has 308 valence electrons. The van der Waals surface area contributed by atoms with Gasteiger partial charge in [0, 0.05) is 35.6 Å². The van der Waals surface area contributed by atoms with Crippen molar-refractivity contribution >= 4 is 35.0 Å². The zero-order chi connectivity index (χ0) is 42.1. The van der Waals surface area contributed by atoms with Gasteiger partial charge in [-0.25, -0.2) is 4.99 Å². The maximum Gasteiger partial charge on any atom is 0.251 e. The summed E-state index contributed by atoms with van der Waals surface area (Å²) in [6.45, 7) is 12.8. The minimum absolute atomic E-state index is 0.135. The Labute approximate surface area is 347 Å². The Kier molecular flexibility index (Phi) is 19.4. The molecule has 0 aliphatic rings. The number of phenols is 1. The fraction of sp³-hybridized carbons (Fsp3) is 0.234. The van der Waals surface area contributed by atoms with Crippen LogP contribution in [0.4, 0.5) is 11.4 Å². The highest BCUT2D eigenvalue weighted by molar-refractivity contribution is 6.03. The van der Waals surface area contributed by atoms with Crippen LogP contribution >= 0.6 is 0 Å². The van der Waals surface area contributed by atoms with Gasteiger partial charge in [0.2, 0.25) is 5.96 Å². The van der Waals surface area contributed by atoms with Crippen LogP contribution in [0.2, 0.25) is 0 Å². The van der Waals surface area contributed by atoms with E-state index in [4.69, 9.17) is 9.47 Å². The summed E-state index contributed by atoms with van der Waals surface area (Å²) in [7, 11) is 0. The zero-order valence-corrected chi connectivity index (χ0v) is 34.0. The summed E-state index contributed by atoms with van der Waals surface area (Å²) in [5, 5.41) is 25.1. The Morgan fingerprint density at radius 2 is 1.22 bits per heavy atom. The minimum atomic E-state index is -0.182. The lowest BCUT2D eigenvalue weighted by Crippen LogP contribution is -2.33. The molecule has 5 aromatic rings. The fourth-order valence-electron chi connectivity index (χ4n) is 5.39. The number of nitrogens with zero attached hydrogens (tertiary/aromatic N) is 2. The van der Waals surface area contributed by atoms with Gasteiger partial charge in [-0.1, -0.05) is 99.6 Å². The maximum absolute atomic E-state index is 13.0. The molecule has 0 saturated heterocycles. The van der Waals surface area contributed by atoms with Crippen molar-refractivity contribution in [3.8, 4) is 16.9 Å². The molecule has 12 nitrogen and oxygen atoms in total. The lowest BCUT2D eigenvalue weighted by atomic mass is 10.00. The molecule has 2 amide bonds. The number of benzene rings is 5. The molecule has 5 rings (SSSR count). The van der Waals surface area contributed by atoms with Crippen LogP contribution in [0, 0.1) is 0 Å². The van der Waals surface area contributed by atoms with Gasteiger partial charge in [-0.2, -0.15) is 0 Å². The number of anilines is 2. The van der Waals surface area contributed by atoms with Crippen LogP contribution in [0.25, 0.3) is 11.1 Å². The first-order valence-corrected chi connectivity index (χ1v) is 19.6. The summed E-state index contributed by atoms with van der Waals surface area (Å²) in [6, 6.07) is 40.8. The van der Waals surface area contributed by atoms with E-state index in [1.54, 1.807) is 67.6 Å². The van der Waals surface area contributed by atoms with E-state index >= 15 is 0 Å². The van der Waals surface area contributed by atoms with Gasteiger partial charge in [0.1, 0.15) is 17.4 Å². The van der Waals surface area contributed by atoms with Crippen molar-refractivity contribution in [2.24, 2.45) is 9.98 Å². The number of guanidine groups is 1. The molecule has 0 saturated carbocycles. The summed E-state index contributed by atoms with van der Waals surface area (Å²) >= 11 is 0. The van der Waals surface area contributed by atoms with E-state index in [0.717, 1.165) is 16.7 Å². The average Bonchev–Trinajstić information content (AvgIpc) is 3.25. The largest absolute Gasteiger partial charge is 0.508 e. The quantitative estimate of drug-likeness (QED) is 0.0224. The molecule has 6 N–H and O–H groups in total. The third-order valence-electron chi connectivity index (χ3n) is 8.17. The lowest BCUT2D eigenvalue weighted by Gasteiger charge is -2.16. The van der Waals surface area contributed by atoms with E-state index in [9.17, 15) is 14.7 Å². The number of aromatic hydroxyl groups is 1. The van der Waals surface area contributed by atoms with E-state index in [0.29, 0.717) is 86.2 Å². The molecule has 0 aromatic heterocycles. The van der Waals surface area contributed by atoms with Crippen molar-refractivity contribution in [2.75, 3.05) is 50.2 Å². The van der Waals surface area contributed by atoms with Crippen LogP contribution in [0.5, 0.6) is 5.75 Å². The molecule has 0 radical (unpaired) electrons. The van der Waals surface area contributed by atoms with E-state index in [1.165, 1.54) is 6.42 Å². The second-order valence-electron chi connectivity index (χ2n) is 13.1. The number of hydrogen-bond donors (Lipinski definition) is 6. The molecule has 12 heteroatoms. The minimum Gasteiger partial charge on any atom is -0.508 e. The molecule has 59 heavy (non-hydrogen) atoms. The van der Waals surface area contributed by atoms with Gasteiger partial charge >= 0.3 is 0 Å². The summed E-state index contributed by atoms with van der Waals surface area (Å²) in [4.78, 5) is 34.2. The third kappa shape index (κ3) is 16.7. The highest BCUT2D eigenvalue weighted by Gasteiger charge is 2.10. The second-order valence-corrected chi connectivity index (χ2v) is 13.1. The summed E-state index contributed by atoms with van der Waals surface area (Å²) < 4.78 is 11.2. The molecule has 0 bridgehead atoms. The van der Waals surface area contributed by atoms with Gasteiger partial charge in [-0.3, -0.25) is 14.6 Å². The first kappa shape index (κ1) is 44.9. The Balaban J connectivity index is 0.00000248. The predicted molar refractivity (Wildman–Crippen MR) is 239 cm³/mol. The standard InChI is InChI=1S/C44H47N7O5.C3H8/c1-32(45-25-27-55-29-30-56-28-26-46-42(53)35-13-7-4-8-14-35)49-44(51-39-21-23-40(52)24-22-39)50-33(2)48-38-19-17-36(18-20-38)43(54)47-31-37-15-9-10-16-41(37)34-11-5-3-6-12-34;1-3-2/h3-24,48,52H,2,25-31H2,1H3,(H,46,53)(H,47,54)(H2,45,49,50,51);3H2,1-2H3. The number of phenolic OH excluding ortho intramolecular Hbond substituents is 1. The Morgan fingerprint density at radius 3 is 1.92 bits per heavy atom. The fourth-order valence-corrected chi connectivity index (χ4v) is 5.39. The van der Waals surface area contributed by atoms with Crippen molar-refractivity contribution in [1.82, 2.24) is 16.0 Å². The topological polar surface area (TPSA) is 158 Å². The van der Waals surface area contributed by atoms with Gasteiger partial charge < -0.3 is 41.2 Å². The molecule has 5 aromatic carbocycles. The van der Waals surface area contributed by atoms with Gasteiger partial charge in [-0.15, -0.1) is 0 Å². The van der Waals surface area contributed by atoms with Gasteiger partial charge in [0.25, 0.3) is 11.8 Å². The Hall–Kier alpha value is -6.76. The normalized spacial score (nSPS) is 11.1. The number of rotatable bonds is 18. The van der Waals surface area contributed by atoms with Crippen molar-refractivity contribution in [1.29, 1.82) is 0 Å². The maximum atomic E-state index is 13.0. The third-order valence-corrected chi connectivity index (χ3v) is 8.17. The lowest BCUT2D eigenvalue weighted by molar-refractivity contribution is 0.0512. The van der Waals surface area contributed by atoms with E-state index < -0.39 is 0 Å². The number of ether oxygens (including phenoxy) is 2. The van der Waals surface area contributed by atoms with Gasteiger partial charge in [0.15, 0.2) is 0 Å². The molecule has 0 atom stereocenters. The number of aliphatic imine (C=N–C) groups is 2. The highest BCUT2D eigenvalue weighted by atomic mass is 16.5. The molecule has 0 spiro atoms. The molecule has 0 fully saturated rings. The molecular weight excluding hydrogens is 743 g/mol. The first-order chi connectivity index (χ1) is 28.7. The summed E-state index contributed by atoms with van der Waals surface area (Å²) in [6.07, 6.45) is 1.25. The highest BCUT2D eigenvalue weighted by Crippen LogP contribution is 2.23. The van der Waals surface area contributed by atoms with Crippen molar-refractivity contribution in [2.45, 2.75) is 33.7 Å². The van der Waals surface area contributed by atoms with Crippen LogP contribution in [0.15, 0.2) is 156 Å². The Bertz CT molecular complexity index is 2090. The number of hydrogen-bond acceptors (Lipinski definition) is 7. The monoisotopic (exact) mass is 797 g/mol. The summed E-state index contributed by atoms with van der Waals surface area (Å²) in [5.41, 5.74) is 5.73. The summed E-state index contributed by atoms with van der Waals surface area (Å²) in [5.74, 6) is 1.07. The van der Waals surface area contributed by atoms with Crippen LogP contribution in [0.1, 0.15) is 53.5 Å². The van der Waals surface area contributed by atoms with E-state index in [1.807, 2.05) is 54.6 Å². The number of amidine groups is 1. The number of carbonyl (C=O) groups is 2. The van der Waals surface area contributed by atoms with E-state index in [2.05, 4.69) is 75.2 Å². The number of nitrogens with one attached hydrogen (secondary N) is 5. The molecule has 0 aliphatic carbocycles. The van der Waals surface area contributed by atoms with Gasteiger partial charge in [-0.05, 0) is 84.3 Å². The van der Waals surface area contributed by atoms with Crippen LogP contribution in [0.3, 0.4) is 0 Å². The first-order valence-electron chi connectivity index (χ1n) is 19.6. The van der Waals surface area contributed by atoms with Crippen LogP contribution in [-0.4, -0.2) is 68.2 Å². The predicted octanol–water partition coefficient (Wildman–Crippen LogP) is 8.23.